The first-order chi connectivity index (χ1) is 5.43. The second-order valence-electron chi connectivity index (χ2n) is 2.55. The van der Waals surface area contributed by atoms with Crippen molar-refractivity contribution in [3.8, 4) is 0 Å². The van der Waals surface area contributed by atoms with Crippen LogP contribution in [-0.2, 0) is 9.47 Å². The second kappa shape index (κ2) is 5.49. The Balaban J connectivity index is 0.000000112. The Kier molecular flexibility index (Phi) is 4.45. The molecule has 0 bridgehead atoms. The van der Waals surface area contributed by atoms with E-state index in [2.05, 4.69) is 5.32 Å². The third-order valence-corrected chi connectivity index (χ3v) is 1.51. The highest BCUT2D eigenvalue weighted by molar-refractivity contribution is 4.67. The highest BCUT2D eigenvalue weighted by Gasteiger charge is 2.18. The molecule has 66 valence electrons. The minimum absolute atomic E-state index is 0.412. The summed E-state index contributed by atoms with van der Waals surface area (Å²) in [5.41, 5.74) is 5.11. The van der Waals surface area contributed by atoms with Crippen LogP contribution in [0.4, 0.5) is 0 Å². The largest absolute Gasteiger partial charge is 0.379 e. The molecule has 2 saturated heterocycles. The normalized spacial score (nSPS) is 28.6. The first-order valence-corrected chi connectivity index (χ1v) is 4.03. The van der Waals surface area contributed by atoms with Crippen LogP contribution in [0.25, 0.3) is 0 Å². The molecule has 0 aromatic heterocycles. The first kappa shape index (κ1) is 8.93. The molecule has 0 aliphatic carbocycles. The molecule has 1 atom stereocenters. The predicted octanol–water partition coefficient (Wildman–Crippen LogP) is -1.05. The van der Waals surface area contributed by atoms with Crippen molar-refractivity contribution in [2.75, 3.05) is 39.5 Å². The van der Waals surface area contributed by atoms with Crippen molar-refractivity contribution < 1.29 is 9.47 Å². The SMILES string of the molecule is C1COCCN1.NCC1CO1. The lowest BCUT2D eigenvalue weighted by Crippen LogP contribution is -2.30. The van der Waals surface area contributed by atoms with E-state index in [0.29, 0.717) is 12.6 Å². The summed E-state index contributed by atoms with van der Waals surface area (Å²) in [5.74, 6) is 0. The highest BCUT2D eigenvalue weighted by Crippen LogP contribution is 2.03. The van der Waals surface area contributed by atoms with Crippen LogP contribution in [0.3, 0.4) is 0 Å². The third kappa shape index (κ3) is 5.15. The van der Waals surface area contributed by atoms with Gasteiger partial charge in [0.2, 0.25) is 0 Å². The second-order valence-corrected chi connectivity index (χ2v) is 2.55. The van der Waals surface area contributed by atoms with Gasteiger partial charge in [0.25, 0.3) is 0 Å². The smallest absolute Gasteiger partial charge is 0.0931 e. The van der Waals surface area contributed by atoms with Crippen molar-refractivity contribution in [2.45, 2.75) is 6.10 Å². The molecule has 0 amide bonds. The van der Waals surface area contributed by atoms with Crippen LogP contribution in [0.2, 0.25) is 0 Å². The van der Waals surface area contributed by atoms with E-state index in [4.69, 9.17) is 15.2 Å². The Hall–Kier alpha value is -0.160. The monoisotopic (exact) mass is 160 g/mol. The number of epoxide rings is 1. The van der Waals surface area contributed by atoms with Crippen LogP contribution >= 0.6 is 0 Å². The van der Waals surface area contributed by atoms with E-state index >= 15 is 0 Å². The summed E-state index contributed by atoms with van der Waals surface area (Å²) >= 11 is 0. The Morgan fingerprint density at radius 1 is 1.36 bits per heavy atom. The van der Waals surface area contributed by atoms with Gasteiger partial charge in [-0.25, -0.2) is 0 Å². The molecule has 11 heavy (non-hydrogen) atoms. The van der Waals surface area contributed by atoms with Crippen LogP contribution in [0.5, 0.6) is 0 Å². The zero-order chi connectivity index (χ0) is 7.94. The molecule has 1 unspecified atom stereocenters. The molecule has 2 fully saturated rings. The molecule has 0 aromatic carbocycles. The predicted molar refractivity (Wildman–Crippen MR) is 42.5 cm³/mol. The van der Waals surface area contributed by atoms with Gasteiger partial charge in [0.1, 0.15) is 0 Å². The van der Waals surface area contributed by atoms with Gasteiger partial charge in [-0.05, 0) is 0 Å². The quantitative estimate of drug-likeness (QED) is 0.481. The molecule has 0 spiro atoms. The Labute approximate surface area is 67.0 Å². The van der Waals surface area contributed by atoms with Crippen molar-refractivity contribution in [1.82, 2.24) is 5.32 Å². The van der Waals surface area contributed by atoms with Crippen molar-refractivity contribution in [3.05, 3.63) is 0 Å². The van der Waals surface area contributed by atoms with Crippen LogP contribution in [0, 0.1) is 0 Å². The van der Waals surface area contributed by atoms with Gasteiger partial charge >= 0.3 is 0 Å². The third-order valence-electron chi connectivity index (χ3n) is 1.51. The average Bonchev–Trinajstić information content (AvgIpc) is 2.91. The van der Waals surface area contributed by atoms with E-state index in [1.165, 1.54) is 0 Å². The minimum atomic E-state index is 0.412. The van der Waals surface area contributed by atoms with E-state index in [9.17, 15) is 0 Å². The van der Waals surface area contributed by atoms with E-state index in [1.54, 1.807) is 0 Å². The fourth-order valence-electron chi connectivity index (χ4n) is 0.720. The van der Waals surface area contributed by atoms with Crippen LogP contribution in [0.15, 0.2) is 0 Å². The van der Waals surface area contributed by atoms with E-state index in [-0.39, 0.29) is 0 Å². The maximum atomic E-state index is 5.11. The molecule has 4 nitrogen and oxygen atoms in total. The van der Waals surface area contributed by atoms with Gasteiger partial charge in [-0.2, -0.15) is 0 Å². The zero-order valence-corrected chi connectivity index (χ0v) is 6.71. The van der Waals surface area contributed by atoms with Crippen LogP contribution < -0.4 is 11.1 Å². The van der Waals surface area contributed by atoms with Crippen molar-refractivity contribution in [2.24, 2.45) is 5.73 Å². The summed E-state index contributed by atoms with van der Waals surface area (Å²) < 4.78 is 9.74. The van der Waals surface area contributed by atoms with Gasteiger partial charge in [0.05, 0.1) is 25.9 Å². The Morgan fingerprint density at radius 3 is 2.09 bits per heavy atom. The molecule has 0 radical (unpaired) electrons. The number of morpholine rings is 1. The molecule has 4 heteroatoms. The fourth-order valence-corrected chi connectivity index (χ4v) is 0.720. The molecular weight excluding hydrogens is 144 g/mol. The molecule has 0 saturated carbocycles. The minimum Gasteiger partial charge on any atom is -0.379 e. The Morgan fingerprint density at radius 2 is 2.00 bits per heavy atom. The summed E-state index contributed by atoms with van der Waals surface area (Å²) in [6.07, 6.45) is 0.412. The van der Waals surface area contributed by atoms with Crippen LogP contribution in [-0.4, -0.2) is 45.6 Å². The molecule has 2 aliphatic heterocycles. The van der Waals surface area contributed by atoms with Gasteiger partial charge in [-0.15, -0.1) is 0 Å². The molecule has 0 aromatic rings. The topological polar surface area (TPSA) is 59.8 Å². The maximum absolute atomic E-state index is 5.11. The molecule has 2 aliphatic rings. The lowest BCUT2D eigenvalue weighted by molar-refractivity contribution is 0.109. The fraction of sp³-hybridized carbons (Fsp3) is 1.00. The zero-order valence-electron chi connectivity index (χ0n) is 6.71. The molecule has 2 heterocycles. The average molecular weight is 160 g/mol. The summed E-state index contributed by atoms with van der Waals surface area (Å²) in [4.78, 5) is 0. The highest BCUT2D eigenvalue weighted by atomic mass is 16.6. The van der Waals surface area contributed by atoms with Crippen molar-refractivity contribution in [1.29, 1.82) is 0 Å². The van der Waals surface area contributed by atoms with E-state index in [1.807, 2.05) is 0 Å². The van der Waals surface area contributed by atoms with Gasteiger partial charge in [0.15, 0.2) is 0 Å². The van der Waals surface area contributed by atoms with Gasteiger partial charge in [-0.3, -0.25) is 0 Å². The number of hydrogen-bond donors (Lipinski definition) is 2. The molecule has 2 rings (SSSR count). The number of hydrogen-bond acceptors (Lipinski definition) is 4. The van der Waals surface area contributed by atoms with Gasteiger partial charge in [0, 0.05) is 19.6 Å². The summed E-state index contributed by atoms with van der Waals surface area (Å²) in [6, 6.07) is 0. The summed E-state index contributed by atoms with van der Waals surface area (Å²) in [6.45, 7) is 5.41. The first-order valence-electron chi connectivity index (χ1n) is 4.03. The Bertz CT molecular complexity index is 80.9. The summed E-state index contributed by atoms with van der Waals surface area (Å²) in [7, 11) is 0. The molecule has 3 N–H and O–H groups in total. The van der Waals surface area contributed by atoms with Gasteiger partial charge in [-0.1, -0.05) is 0 Å². The summed E-state index contributed by atoms with van der Waals surface area (Å²) in [5, 5.41) is 3.16. The lowest BCUT2D eigenvalue weighted by atomic mass is 10.5. The number of rotatable bonds is 1. The lowest BCUT2D eigenvalue weighted by Gasteiger charge is -2.10. The van der Waals surface area contributed by atoms with Crippen LogP contribution in [0.1, 0.15) is 0 Å². The van der Waals surface area contributed by atoms with E-state index in [0.717, 1.165) is 32.9 Å². The van der Waals surface area contributed by atoms with Crippen molar-refractivity contribution in [3.63, 3.8) is 0 Å². The number of ether oxygens (including phenoxy) is 2. The number of nitrogens with one attached hydrogen (secondary N) is 1. The van der Waals surface area contributed by atoms with E-state index < -0.39 is 0 Å². The number of nitrogens with two attached hydrogens (primary N) is 1. The van der Waals surface area contributed by atoms with Gasteiger partial charge < -0.3 is 20.5 Å². The maximum Gasteiger partial charge on any atom is 0.0931 e. The molecular formula is C7H16N2O2. The standard InChI is InChI=1S/C4H9NO.C3H7NO/c1-3-6-4-2-5-1;4-1-3-2-5-3/h5H,1-4H2;3H,1-2,4H2. The van der Waals surface area contributed by atoms with Crippen molar-refractivity contribution >= 4 is 0 Å².